The molecule has 25 heavy (non-hydrogen) atoms. The zero-order chi connectivity index (χ0) is 19.4. The largest absolute Gasteiger partial charge is 0.462 e. The minimum absolute atomic E-state index is 0.124. The van der Waals surface area contributed by atoms with E-state index >= 15 is 0 Å². The standard InChI is InChI=1S/C17H23NO7/c1-6-9-18(12(2)19)10-7-8-16(24-14(4)21)17(25-15(5)22)11-23-13(3)20/h1,7-8,16-17H,9-11H2,2-5H3/b8-7+/t16-,17+/m1/s1. The number of hydrogen-bond acceptors (Lipinski definition) is 7. The highest BCUT2D eigenvalue weighted by Crippen LogP contribution is 2.09. The van der Waals surface area contributed by atoms with Crippen LogP contribution in [0.25, 0.3) is 0 Å². The van der Waals surface area contributed by atoms with Crippen LogP contribution in [0.15, 0.2) is 12.2 Å². The van der Waals surface area contributed by atoms with E-state index in [4.69, 9.17) is 20.6 Å². The molecule has 0 bridgehead atoms. The van der Waals surface area contributed by atoms with Gasteiger partial charge in [0.05, 0.1) is 6.54 Å². The van der Waals surface area contributed by atoms with Gasteiger partial charge in [0.2, 0.25) is 5.91 Å². The van der Waals surface area contributed by atoms with E-state index in [1.807, 2.05) is 0 Å². The van der Waals surface area contributed by atoms with Crippen molar-refractivity contribution in [3.63, 3.8) is 0 Å². The molecule has 0 aromatic rings. The molecule has 1 amide bonds. The van der Waals surface area contributed by atoms with Crippen molar-refractivity contribution in [3.8, 4) is 12.3 Å². The second kappa shape index (κ2) is 11.7. The molecular formula is C17H23NO7. The number of hydrogen-bond donors (Lipinski definition) is 0. The second-order valence-corrected chi connectivity index (χ2v) is 5.06. The minimum Gasteiger partial charge on any atom is -0.462 e. The first-order valence-electron chi connectivity index (χ1n) is 7.50. The number of ether oxygens (including phenoxy) is 3. The molecule has 8 heteroatoms. The maximum Gasteiger partial charge on any atom is 0.303 e. The monoisotopic (exact) mass is 353 g/mol. The van der Waals surface area contributed by atoms with Crippen LogP contribution >= 0.6 is 0 Å². The summed E-state index contributed by atoms with van der Waals surface area (Å²) in [4.78, 5) is 46.3. The van der Waals surface area contributed by atoms with Gasteiger partial charge >= 0.3 is 17.9 Å². The molecule has 0 rings (SSSR count). The average Bonchev–Trinajstić information content (AvgIpc) is 2.48. The van der Waals surface area contributed by atoms with Gasteiger partial charge in [-0.25, -0.2) is 0 Å². The smallest absolute Gasteiger partial charge is 0.303 e. The molecule has 0 saturated carbocycles. The van der Waals surface area contributed by atoms with Gasteiger partial charge in [0, 0.05) is 34.2 Å². The van der Waals surface area contributed by atoms with E-state index in [-0.39, 0.29) is 25.6 Å². The molecule has 0 aromatic heterocycles. The Morgan fingerprint density at radius 3 is 2.08 bits per heavy atom. The highest BCUT2D eigenvalue weighted by atomic mass is 16.6. The van der Waals surface area contributed by atoms with Gasteiger partial charge in [0.15, 0.2) is 12.2 Å². The van der Waals surface area contributed by atoms with E-state index in [0.29, 0.717) is 0 Å². The topological polar surface area (TPSA) is 99.2 Å². The molecule has 0 aliphatic carbocycles. The van der Waals surface area contributed by atoms with Crippen LogP contribution in [0.4, 0.5) is 0 Å². The third-order valence-electron chi connectivity index (χ3n) is 2.82. The maximum absolute atomic E-state index is 11.4. The fourth-order valence-electron chi connectivity index (χ4n) is 1.78. The molecule has 0 saturated heterocycles. The third kappa shape index (κ3) is 10.5. The number of carbonyl (C=O) groups excluding carboxylic acids is 4. The number of nitrogens with zero attached hydrogens (tertiary/aromatic N) is 1. The van der Waals surface area contributed by atoms with Gasteiger partial charge in [-0.1, -0.05) is 12.0 Å². The van der Waals surface area contributed by atoms with Crippen LogP contribution in [0.5, 0.6) is 0 Å². The van der Waals surface area contributed by atoms with Crippen LogP contribution in [-0.4, -0.2) is 60.6 Å². The highest BCUT2D eigenvalue weighted by Gasteiger charge is 2.26. The molecule has 0 spiro atoms. The molecule has 0 fully saturated rings. The van der Waals surface area contributed by atoms with Gasteiger partial charge in [-0.3, -0.25) is 19.2 Å². The lowest BCUT2D eigenvalue weighted by molar-refractivity contribution is -0.169. The Morgan fingerprint density at radius 2 is 1.64 bits per heavy atom. The second-order valence-electron chi connectivity index (χ2n) is 5.06. The molecule has 138 valence electrons. The molecule has 0 unspecified atom stereocenters. The molecule has 0 aliphatic rings. The number of carbonyl (C=O) groups is 4. The van der Waals surface area contributed by atoms with Crippen molar-refractivity contribution >= 4 is 23.8 Å². The van der Waals surface area contributed by atoms with E-state index in [2.05, 4.69) is 5.92 Å². The Hall–Kier alpha value is -2.82. The van der Waals surface area contributed by atoms with E-state index in [9.17, 15) is 19.2 Å². The summed E-state index contributed by atoms with van der Waals surface area (Å²) in [6.07, 6.45) is 6.19. The van der Waals surface area contributed by atoms with Crippen LogP contribution in [0.2, 0.25) is 0 Å². The molecule has 0 heterocycles. The zero-order valence-corrected chi connectivity index (χ0v) is 14.8. The molecule has 2 atom stereocenters. The summed E-state index contributed by atoms with van der Waals surface area (Å²) in [5.41, 5.74) is 0. The van der Waals surface area contributed by atoms with E-state index in [1.54, 1.807) is 6.08 Å². The van der Waals surface area contributed by atoms with Crippen LogP contribution in [0, 0.1) is 12.3 Å². The van der Waals surface area contributed by atoms with Gasteiger partial charge in [-0.05, 0) is 6.08 Å². The molecule has 8 nitrogen and oxygen atoms in total. The summed E-state index contributed by atoms with van der Waals surface area (Å²) in [6, 6.07) is 0. The maximum atomic E-state index is 11.4. The molecular weight excluding hydrogens is 330 g/mol. The minimum atomic E-state index is -1.01. The van der Waals surface area contributed by atoms with Crippen molar-refractivity contribution in [1.29, 1.82) is 0 Å². The molecule has 0 radical (unpaired) electrons. The van der Waals surface area contributed by atoms with Gasteiger partial charge < -0.3 is 19.1 Å². The SMILES string of the molecule is C#CCN(C/C=C/[C@@H](OC(C)=O)[C@H](COC(C)=O)OC(C)=O)C(C)=O. The Balaban J connectivity index is 5.19. The highest BCUT2D eigenvalue weighted by molar-refractivity contribution is 5.73. The molecule has 0 N–H and O–H groups in total. The Morgan fingerprint density at radius 1 is 1.04 bits per heavy atom. The van der Waals surface area contributed by atoms with E-state index < -0.39 is 30.1 Å². The average molecular weight is 353 g/mol. The molecule has 0 aromatic carbocycles. The normalized spacial score (nSPS) is 12.6. The lowest BCUT2D eigenvalue weighted by Crippen LogP contribution is -2.37. The Kier molecular flexibility index (Phi) is 10.4. The first-order chi connectivity index (χ1) is 11.7. The van der Waals surface area contributed by atoms with E-state index in [1.165, 1.54) is 38.7 Å². The fourth-order valence-corrected chi connectivity index (χ4v) is 1.78. The van der Waals surface area contributed by atoms with Crippen molar-refractivity contribution in [2.75, 3.05) is 19.7 Å². The van der Waals surface area contributed by atoms with Crippen LogP contribution in [0.3, 0.4) is 0 Å². The van der Waals surface area contributed by atoms with Crippen molar-refractivity contribution in [3.05, 3.63) is 12.2 Å². The zero-order valence-electron chi connectivity index (χ0n) is 14.8. The van der Waals surface area contributed by atoms with Gasteiger partial charge in [0.25, 0.3) is 0 Å². The fraction of sp³-hybridized carbons (Fsp3) is 0.529. The Bertz CT molecular complexity index is 562. The van der Waals surface area contributed by atoms with Crippen molar-refractivity contribution < 1.29 is 33.4 Å². The lowest BCUT2D eigenvalue weighted by Gasteiger charge is -2.24. The third-order valence-corrected chi connectivity index (χ3v) is 2.82. The quantitative estimate of drug-likeness (QED) is 0.257. The van der Waals surface area contributed by atoms with Gasteiger partial charge in [-0.15, -0.1) is 6.42 Å². The predicted octanol–water partition coefficient (Wildman–Crippen LogP) is 0.451. The number of terminal acetylenes is 1. The predicted molar refractivity (Wildman–Crippen MR) is 88.0 cm³/mol. The summed E-state index contributed by atoms with van der Waals surface area (Å²) in [5, 5.41) is 0. The first kappa shape index (κ1) is 22.2. The summed E-state index contributed by atoms with van der Waals surface area (Å²) in [5.74, 6) is 0.337. The van der Waals surface area contributed by atoms with Crippen LogP contribution in [-0.2, 0) is 33.4 Å². The van der Waals surface area contributed by atoms with Crippen molar-refractivity contribution in [1.82, 2.24) is 4.90 Å². The van der Waals surface area contributed by atoms with Gasteiger partial charge in [-0.2, -0.15) is 0 Å². The van der Waals surface area contributed by atoms with Crippen molar-refractivity contribution in [2.45, 2.75) is 39.9 Å². The Labute approximate surface area is 147 Å². The summed E-state index contributed by atoms with van der Waals surface area (Å²) in [7, 11) is 0. The number of amides is 1. The first-order valence-corrected chi connectivity index (χ1v) is 7.50. The molecule has 0 aliphatic heterocycles. The van der Waals surface area contributed by atoms with Crippen LogP contribution < -0.4 is 0 Å². The number of rotatable bonds is 9. The van der Waals surface area contributed by atoms with Gasteiger partial charge in [0.1, 0.15) is 6.61 Å². The summed E-state index contributed by atoms with van der Waals surface area (Å²) < 4.78 is 15.0. The van der Waals surface area contributed by atoms with Crippen molar-refractivity contribution in [2.24, 2.45) is 0 Å². The van der Waals surface area contributed by atoms with E-state index in [0.717, 1.165) is 0 Å². The summed E-state index contributed by atoms with van der Waals surface area (Å²) in [6.45, 7) is 4.97. The van der Waals surface area contributed by atoms with Crippen LogP contribution in [0.1, 0.15) is 27.7 Å². The number of esters is 3. The summed E-state index contributed by atoms with van der Waals surface area (Å²) >= 11 is 0. The lowest BCUT2D eigenvalue weighted by atomic mass is 10.2.